The molecule has 2 saturated carbocycles. The third-order valence-corrected chi connectivity index (χ3v) is 5.01. The zero-order valence-corrected chi connectivity index (χ0v) is 14.7. The topological polar surface area (TPSA) is 69.6 Å². The highest BCUT2D eigenvalue weighted by atomic mass is 19.1. The number of halogens is 1. The van der Waals surface area contributed by atoms with Gasteiger partial charge in [-0.3, -0.25) is 14.5 Å². The van der Waals surface area contributed by atoms with Crippen molar-refractivity contribution in [1.29, 1.82) is 0 Å². The lowest BCUT2D eigenvalue weighted by molar-refractivity contribution is -0.140. The lowest BCUT2D eigenvalue weighted by Gasteiger charge is -2.42. The number of benzene rings is 1. The van der Waals surface area contributed by atoms with Gasteiger partial charge in [0.15, 0.2) is 0 Å². The highest BCUT2D eigenvalue weighted by Gasteiger charge is 2.37. The molecule has 2 N–H and O–H groups in total. The van der Waals surface area contributed by atoms with Crippen molar-refractivity contribution in [1.82, 2.24) is 10.2 Å². The summed E-state index contributed by atoms with van der Waals surface area (Å²) in [5.41, 5.74) is 0.854. The van der Waals surface area contributed by atoms with Gasteiger partial charge in [0.1, 0.15) is 5.82 Å². The van der Waals surface area contributed by atoms with Gasteiger partial charge in [0.05, 0.1) is 6.54 Å². The molecule has 2 aliphatic rings. The first-order valence-corrected chi connectivity index (χ1v) is 9.17. The maximum Gasteiger partial charge on any atom is 0.317 e. The van der Waals surface area contributed by atoms with Crippen LogP contribution in [0.3, 0.4) is 0 Å². The molecule has 0 unspecified atom stereocenters. The number of hydrogen-bond donors (Lipinski definition) is 2. The van der Waals surface area contributed by atoms with E-state index in [4.69, 9.17) is 5.11 Å². The molecule has 0 saturated heterocycles. The Balaban J connectivity index is 1.37. The molecule has 0 radical (unpaired) electrons. The van der Waals surface area contributed by atoms with E-state index in [9.17, 15) is 14.0 Å². The van der Waals surface area contributed by atoms with Gasteiger partial charge in [-0.15, -0.1) is 0 Å². The van der Waals surface area contributed by atoms with Crippen molar-refractivity contribution in [3.8, 4) is 0 Å². The average Bonchev–Trinajstić information content (AvgIpc) is 3.35. The van der Waals surface area contributed by atoms with E-state index >= 15 is 0 Å². The van der Waals surface area contributed by atoms with E-state index < -0.39 is 5.97 Å². The van der Waals surface area contributed by atoms with Crippen molar-refractivity contribution in [2.75, 3.05) is 13.1 Å². The molecule has 5 nitrogen and oxygen atoms in total. The fourth-order valence-corrected chi connectivity index (χ4v) is 3.31. The molecule has 2 fully saturated rings. The third kappa shape index (κ3) is 5.66. The Labute approximate surface area is 152 Å². The summed E-state index contributed by atoms with van der Waals surface area (Å²) in [7, 11) is 0. The van der Waals surface area contributed by atoms with Crippen molar-refractivity contribution >= 4 is 18.0 Å². The molecule has 2 aliphatic carbocycles. The first-order valence-electron chi connectivity index (χ1n) is 9.17. The summed E-state index contributed by atoms with van der Waals surface area (Å²) in [6.45, 7) is 0.945. The molecule has 1 amide bonds. The highest BCUT2D eigenvalue weighted by molar-refractivity contribution is 5.79. The predicted octanol–water partition coefficient (Wildman–Crippen LogP) is 2.67. The van der Waals surface area contributed by atoms with E-state index in [1.165, 1.54) is 25.0 Å². The van der Waals surface area contributed by atoms with Gasteiger partial charge in [0.2, 0.25) is 5.91 Å². The van der Waals surface area contributed by atoms with Crippen molar-refractivity contribution in [3.05, 3.63) is 41.7 Å². The fourth-order valence-electron chi connectivity index (χ4n) is 3.31. The molecule has 140 valence electrons. The molecule has 6 heteroatoms. The number of rotatable bonds is 9. The zero-order chi connectivity index (χ0) is 18.5. The Morgan fingerprint density at radius 3 is 2.54 bits per heavy atom. The van der Waals surface area contributed by atoms with E-state index in [0.29, 0.717) is 5.92 Å². The Kier molecular flexibility index (Phi) is 6.04. The number of carbonyl (C=O) groups excluding carboxylic acids is 1. The normalized spacial score (nSPS) is 22.4. The van der Waals surface area contributed by atoms with Crippen molar-refractivity contribution in [2.24, 2.45) is 5.92 Å². The summed E-state index contributed by atoms with van der Waals surface area (Å²) in [4.78, 5) is 25.1. The first kappa shape index (κ1) is 18.6. The Bertz CT molecular complexity index is 664. The molecule has 1 aromatic carbocycles. The number of amides is 1. The van der Waals surface area contributed by atoms with Crippen LogP contribution in [0.5, 0.6) is 0 Å². The Morgan fingerprint density at radius 1 is 1.23 bits per heavy atom. The molecular formula is C20H25FN2O3. The number of nitrogens with zero attached hydrogens (tertiary/aromatic N) is 1. The predicted molar refractivity (Wildman–Crippen MR) is 96.9 cm³/mol. The summed E-state index contributed by atoms with van der Waals surface area (Å²) >= 11 is 0. The van der Waals surface area contributed by atoms with Gasteiger partial charge in [-0.05, 0) is 49.3 Å². The largest absolute Gasteiger partial charge is 0.480 e. The molecule has 26 heavy (non-hydrogen) atoms. The molecule has 0 heterocycles. The number of carboxylic acid groups (broad SMARTS) is 1. The molecule has 0 bridgehead atoms. The van der Waals surface area contributed by atoms with Crippen LogP contribution in [0.4, 0.5) is 4.39 Å². The molecular weight excluding hydrogens is 335 g/mol. The van der Waals surface area contributed by atoms with Crippen molar-refractivity contribution in [3.63, 3.8) is 0 Å². The summed E-state index contributed by atoms with van der Waals surface area (Å²) in [5, 5.41) is 12.1. The minimum atomic E-state index is -0.788. The van der Waals surface area contributed by atoms with Crippen LogP contribution in [0.25, 0.3) is 6.08 Å². The van der Waals surface area contributed by atoms with Crippen LogP contribution in [0.15, 0.2) is 30.3 Å². The second kappa shape index (κ2) is 8.45. The second-order valence-electron chi connectivity index (χ2n) is 7.31. The lowest BCUT2D eigenvalue weighted by atomic mass is 9.85. The molecule has 1 aromatic rings. The fraction of sp³-hybridized carbons (Fsp3) is 0.500. The Hall–Kier alpha value is -2.21. The van der Waals surface area contributed by atoms with Crippen molar-refractivity contribution in [2.45, 2.75) is 44.2 Å². The minimum absolute atomic E-state index is 0.0428. The molecule has 0 aliphatic heterocycles. The number of nitrogens with one attached hydrogen (secondary N) is 1. The number of carboxylic acids is 1. The monoisotopic (exact) mass is 360 g/mol. The summed E-state index contributed by atoms with van der Waals surface area (Å²) in [6, 6.07) is 6.49. The van der Waals surface area contributed by atoms with Crippen LogP contribution in [0.1, 0.15) is 37.7 Å². The van der Waals surface area contributed by atoms with Crippen LogP contribution in [-0.4, -0.2) is 47.1 Å². The number of aliphatic carboxylic acids is 1. The van der Waals surface area contributed by atoms with Crippen LogP contribution >= 0.6 is 0 Å². The summed E-state index contributed by atoms with van der Waals surface area (Å²) < 4.78 is 12.8. The maximum absolute atomic E-state index is 12.8. The molecule has 3 rings (SSSR count). The smallest absolute Gasteiger partial charge is 0.317 e. The van der Waals surface area contributed by atoms with Gasteiger partial charge in [0.25, 0.3) is 0 Å². The van der Waals surface area contributed by atoms with Crippen LogP contribution in [0.2, 0.25) is 0 Å². The minimum Gasteiger partial charge on any atom is -0.480 e. The first-order chi connectivity index (χ1) is 12.5. The van der Waals surface area contributed by atoms with Gasteiger partial charge in [-0.1, -0.05) is 24.3 Å². The van der Waals surface area contributed by atoms with E-state index in [-0.39, 0.29) is 36.8 Å². The summed E-state index contributed by atoms with van der Waals surface area (Å²) in [6.07, 6.45) is 7.86. The number of hydrogen-bond acceptors (Lipinski definition) is 3. The number of carbonyl (C=O) groups is 2. The maximum atomic E-state index is 12.8. The molecule has 0 aromatic heterocycles. The molecule has 0 atom stereocenters. The van der Waals surface area contributed by atoms with Crippen LogP contribution < -0.4 is 5.32 Å². The van der Waals surface area contributed by atoms with Gasteiger partial charge < -0.3 is 10.4 Å². The van der Waals surface area contributed by atoms with Gasteiger partial charge in [0, 0.05) is 25.0 Å². The SMILES string of the molecule is O=C(O)CN(CC1CC1)C1CC(NC(=O)C/C=C/c2ccc(F)cc2)C1. The average molecular weight is 360 g/mol. The standard InChI is InChI=1S/C20H25FN2O3/c21-16-8-6-14(7-9-16)2-1-3-19(24)22-17-10-18(11-17)23(13-20(25)26)12-15-4-5-15/h1-2,6-9,15,17-18H,3-5,10-13H2,(H,22,24)(H,25,26)/b2-1+. The quantitative estimate of drug-likeness (QED) is 0.710. The summed E-state index contributed by atoms with van der Waals surface area (Å²) in [5.74, 6) is -0.458. The van der Waals surface area contributed by atoms with Gasteiger partial charge in [-0.25, -0.2) is 4.39 Å². The highest BCUT2D eigenvalue weighted by Crippen LogP contribution is 2.33. The van der Waals surface area contributed by atoms with Gasteiger partial charge in [-0.2, -0.15) is 0 Å². The van der Waals surface area contributed by atoms with Crippen LogP contribution in [-0.2, 0) is 9.59 Å². The zero-order valence-electron chi connectivity index (χ0n) is 14.7. The van der Waals surface area contributed by atoms with E-state index in [0.717, 1.165) is 24.9 Å². The molecule has 0 spiro atoms. The van der Waals surface area contributed by atoms with E-state index in [1.807, 2.05) is 0 Å². The third-order valence-electron chi connectivity index (χ3n) is 5.01. The lowest BCUT2D eigenvalue weighted by Crippen LogP contribution is -2.55. The van der Waals surface area contributed by atoms with Crippen LogP contribution in [0, 0.1) is 11.7 Å². The van der Waals surface area contributed by atoms with E-state index in [2.05, 4.69) is 10.2 Å². The van der Waals surface area contributed by atoms with Gasteiger partial charge >= 0.3 is 5.97 Å². The second-order valence-corrected chi connectivity index (χ2v) is 7.31. The van der Waals surface area contributed by atoms with Crippen molar-refractivity contribution < 1.29 is 19.1 Å². The van der Waals surface area contributed by atoms with E-state index in [1.54, 1.807) is 24.3 Å². The Morgan fingerprint density at radius 2 is 1.92 bits per heavy atom.